The average molecular weight is 274 g/mol. The first-order valence-electron chi connectivity index (χ1n) is 7.10. The Morgan fingerprint density at radius 1 is 1.40 bits per heavy atom. The Labute approximate surface area is 119 Å². The Hall–Kier alpha value is -1.59. The number of hydrogen-bond donors (Lipinski definition) is 2. The highest BCUT2D eigenvalue weighted by Crippen LogP contribution is 2.25. The van der Waals surface area contributed by atoms with Gasteiger partial charge in [-0.1, -0.05) is 0 Å². The van der Waals surface area contributed by atoms with Crippen LogP contribution in [0.5, 0.6) is 0 Å². The lowest BCUT2D eigenvalue weighted by Crippen LogP contribution is -2.56. The highest BCUT2D eigenvalue weighted by Gasteiger charge is 2.26. The Kier molecular flexibility index (Phi) is 3.40. The smallest absolute Gasteiger partial charge is 0.152 e. The van der Waals surface area contributed by atoms with Gasteiger partial charge in [-0.05, 0) is 32.9 Å². The van der Waals surface area contributed by atoms with Crippen LogP contribution in [0.3, 0.4) is 0 Å². The van der Waals surface area contributed by atoms with Crippen molar-refractivity contribution in [3.63, 3.8) is 0 Å². The summed E-state index contributed by atoms with van der Waals surface area (Å²) in [6.45, 7) is 10.5. The van der Waals surface area contributed by atoms with Gasteiger partial charge in [0.2, 0.25) is 0 Å². The molecule has 1 aliphatic heterocycles. The molecule has 2 aromatic heterocycles. The minimum atomic E-state index is 0.170. The van der Waals surface area contributed by atoms with Gasteiger partial charge >= 0.3 is 0 Å². The van der Waals surface area contributed by atoms with Gasteiger partial charge in [-0.2, -0.15) is 5.10 Å². The molecule has 3 heterocycles. The van der Waals surface area contributed by atoms with Crippen LogP contribution < -0.4 is 5.32 Å². The molecule has 5 heteroatoms. The number of nitrogens with one attached hydrogen (secondary N) is 2. The Morgan fingerprint density at radius 3 is 2.95 bits per heavy atom. The number of piperazine rings is 1. The van der Waals surface area contributed by atoms with Gasteiger partial charge in [0.1, 0.15) is 11.5 Å². The van der Waals surface area contributed by atoms with Gasteiger partial charge in [-0.3, -0.25) is 10.00 Å². The molecule has 0 amide bonds. The number of aryl methyl sites for hydroxylation is 1. The van der Waals surface area contributed by atoms with E-state index in [0.717, 1.165) is 43.4 Å². The van der Waals surface area contributed by atoms with Crippen LogP contribution in [0.2, 0.25) is 0 Å². The van der Waals surface area contributed by atoms with Crippen LogP contribution in [0.4, 0.5) is 0 Å². The molecule has 2 aromatic rings. The highest BCUT2D eigenvalue weighted by molar-refractivity contribution is 5.56. The van der Waals surface area contributed by atoms with E-state index in [0.29, 0.717) is 0 Å². The first-order valence-corrected chi connectivity index (χ1v) is 7.10. The first kappa shape index (κ1) is 13.4. The topological polar surface area (TPSA) is 57.1 Å². The zero-order valence-electron chi connectivity index (χ0n) is 12.4. The van der Waals surface area contributed by atoms with Crippen LogP contribution in [0, 0.1) is 6.92 Å². The van der Waals surface area contributed by atoms with E-state index in [9.17, 15) is 0 Å². The lowest BCUT2D eigenvalue weighted by molar-refractivity contribution is 0.148. The number of H-pyrrole nitrogens is 1. The third-order valence-corrected chi connectivity index (χ3v) is 3.75. The molecule has 0 spiro atoms. The van der Waals surface area contributed by atoms with Gasteiger partial charge in [0.15, 0.2) is 5.76 Å². The molecule has 0 unspecified atom stereocenters. The van der Waals surface area contributed by atoms with Crippen LogP contribution in [0.1, 0.15) is 25.2 Å². The molecule has 2 N–H and O–H groups in total. The summed E-state index contributed by atoms with van der Waals surface area (Å²) in [5, 5.41) is 10.8. The van der Waals surface area contributed by atoms with Crippen LogP contribution in [-0.4, -0.2) is 40.3 Å². The molecule has 0 aromatic carbocycles. The molecular formula is C15H22N4O. The lowest BCUT2D eigenvalue weighted by atomic mass is 10.0. The molecule has 1 saturated heterocycles. The van der Waals surface area contributed by atoms with Crippen molar-refractivity contribution in [1.29, 1.82) is 0 Å². The van der Waals surface area contributed by atoms with Crippen LogP contribution >= 0.6 is 0 Å². The molecule has 3 rings (SSSR count). The fraction of sp³-hybridized carbons (Fsp3) is 0.533. The molecule has 0 bridgehead atoms. The zero-order valence-corrected chi connectivity index (χ0v) is 12.4. The summed E-state index contributed by atoms with van der Waals surface area (Å²) in [5.41, 5.74) is 2.36. The highest BCUT2D eigenvalue weighted by atomic mass is 16.3. The van der Waals surface area contributed by atoms with Crippen LogP contribution in [-0.2, 0) is 6.54 Å². The van der Waals surface area contributed by atoms with Crippen molar-refractivity contribution in [1.82, 2.24) is 20.4 Å². The number of rotatable bonds is 3. The van der Waals surface area contributed by atoms with Crippen molar-refractivity contribution in [3.8, 4) is 11.5 Å². The molecule has 1 aliphatic rings. The van der Waals surface area contributed by atoms with Gasteiger partial charge in [-0.15, -0.1) is 0 Å². The second kappa shape index (κ2) is 5.07. The van der Waals surface area contributed by atoms with E-state index in [-0.39, 0.29) is 5.54 Å². The Bertz CT molecular complexity index is 584. The second-order valence-corrected chi connectivity index (χ2v) is 6.20. The Balaban J connectivity index is 1.77. The van der Waals surface area contributed by atoms with Crippen molar-refractivity contribution >= 4 is 0 Å². The number of furan rings is 1. The number of aromatic nitrogens is 2. The molecule has 0 radical (unpaired) electrons. The molecule has 0 atom stereocenters. The monoisotopic (exact) mass is 274 g/mol. The third-order valence-electron chi connectivity index (χ3n) is 3.75. The van der Waals surface area contributed by atoms with E-state index < -0.39 is 0 Å². The standard InChI is InChI=1S/C15H22N4O/c1-11-4-5-13(20-11)14-12(8-17-18-14)9-19-7-6-16-15(2,3)10-19/h4-5,8,16H,6-7,9-10H2,1-3H3,(H,17,18). The number of aromatic amines is 1. The maximum atomic E-state index is 5.70. The normalized spacial score (nSPS) is 19.4. The SMILES string of the molecule is Cc1ccc(-c2[nH]ncc2CN2CCNC(C)(C)C2)o1. The van der Waals surface area contributed by atoms with Gasteiger partial charge in [0.05, 0.1) is 6.20 Å². The summed E-state index contributed by atoms with van der Waals surface area (Å²) in [6.07, 6.45) is 1.90. The minimum Gasteiger partial charge on any atom is -0.460 e. The molecular weight excluding hydrogens is 252 g/mol. The number of nitrogens with zero attached hydrogens (tertiary/aromatic N) is 2. The van der Waals surface area contributed by atoms with Crippen molar-refractivity contribution in [3.05, 3.63) is 29.7 Å². The maximum Gasteiger partial charge on any atom is 0.152 e. The summed E-state index contributed by atoms with van der Waals surface area (Å²) in [4.78, 5) is 2.46. The minimum absolute atomic E-state index is 0.170. The largest absolute Gasteiger partial charge is 0.460 e. The first-order chi connectivity index (χ1) is 9.53. The molecule has 20 heavy (non-hydrogen) atoms. The van der Waals surface area contributed by atoms with Crippen LogP contribution in [0.15, 0.2) is 22.7 Å². The van der Waals surface area contributed by atoms with Crippen molar-refractivity contribution in [2.24, 2.45) is 0 Å². The summed E-state index contributed by atoms with van der Waals surface area (Å²) in [7, 11) is 0. The third kappa shape index (κ3) is 2.78. The maximum absolute atomic E-state index is 5.70. The Morgan fingerprint density at radius 2 is 2.25 bits per heavy atom. The molecule has 5 nitrogen and oxygen atoms in total. The summed E-state index contributed by atoms with van der Waals surface area (Å²) in [5.74, 6) is 1.79. The second-order valence-electron chi connectivity index (χ2n) is 6.20. The predicted molar refractivity (Wildman–Crippen MR) is 78.4 cm³/mol. The fourth-order valence-corrected chi connectivity index (χ4v) is 2.84. The lowest BCUT2D eigenvalue weighted by Gasteiger charge is -2.39. The molecule has 0 saturated carbocycles. The van der Waals surface area contributed by atoms with E-state index in [1.54, 1.807) is 0 Å². The van der Waals surface area contributed by atoms with E-state index in [2.05, 4.69) is 34.3 Å². The summed E-state index contributed by atoms with van der Waals surface area (Å²) >= 11 is 0. The van der Waals surface area contributed by atoms with E-state index in [1.807, 2.05) is 25.3 Å². The van der Waals surface area contributed by atoms with Gasteiger partial charge in [0.25, 0.3) is 0 Å². The zero-order chi connectivity index (χ0) is 14.2. The van der Waals surface area contributed by atoms with Gasteiger partial charge in [-0.25, -0.2) is 0 Å². The quantitative estimate of drug-likeness (QED) is 0.900. The van der Waals surface area contributed by atoms with Crippen LogP contribution in [0.25, 0.3) is 11.5 Å². The molecule has 1 fully saturated rings. The van der Waals surface area contributed by atoms with Gasteiger partial charge < -0.3 is 9.73 Å². The average Bonchev–Trinajstić information content (AvgIpc) is 2.96. The van der Waals surface area contributed by atoms with E-state index in [4.69, 9.17) is 4.42 Å². The predicted octanol–water partition coefficient (Wildman–Crippen LogP) is 2.16. The van der Waals surface area contributed by atoms with Crippen molar-refractivity contribution in [2.45, 2.75) is 32.9 Å². The fourth-order valence-electron chi connectivity index (χ4n) is 2.84. The molecule has 0 aliphatic carbocycles. The summed E-state index contributed by atoms with van der Waals surface area (Å²) < 4.78 is 5.70. The summed E-state index contributed by atoms with van der Waals surface area (Å²) in [6, 6.07) is 3.97. The van der Waals surface area contributed by atoms with E-state index in [1.165, 1.54) is 5.56 Å². The van der Waals surface area contributed by atoms with Crippen molar-refractivity contribution in [2.75, 3.05) is 19.6 Å². The van der Waals surface area contributed by atoms with E-state index >= 15 is 0 Å². The van der Waals surface area contributed by atoms with Gasteiger partial charge in [0, 0.05) is 37.3 Å². The van der Waals surface area contributed by atoms with Crippen molar-refractivity contribution < 1.29 is 4.42 Å². The molecule has 108 valence electrons. The number of hydrogen-bond acceptors (Lipinski definition) is 4.